The first-order chi connectivity index (χ1) is 10.2. The number of guanidine groups is 1. The van der Waals surface area contributed by atoms with Crippen molar-refractivity contribution in [3.63, 3.8) is 0 Å². The first-order valence-corrected chi connectivity index (χ1v) is 8.02. The second-order valence-electron chi connectivity index (χ2n) is 4.64. The smallest absolute Gasteiger partial charge is 0.251 e. The maximum atomic E-state index is 11.8. The molecule has 1 amide bonds. The van der Waals surface area contributed by atoms with Gasteiger partial charge >= 0.3 is 0 Å². The molecule has 0 saturated carbocycles. The molecule has 4 N–H and O–H groups in total. The normalized spacial score (nSPS) is 15.1. The topological polar surface area (TPSA) is 90.9 Å². The maximum absolute atomic E-state index is 11.8. The summed E-state index contributed by atoms with van der Waals surface area (Å²) < 4.78 is 0. The van der Waals surface area contributed by atoms with Crippen LogP contribution in [0.3, 0.4) is 0 Å². The van der Waals surface area contributed by atoms with Gasteiger partial charge in [0, 0.05) is 36.7 Å². The molecule has 0 atom stereocenters. The Morgan fingerprint density at radius 1 is 1.32 bits per heavy atom. The largest absolute Gasteiger partial charge is 0.508 e. The van der Waals surface area contributed by atoms with Gasteiger partial charge in [-0.2, -0.15) is 11.8 Å². The van der Waals surface area contributed by atoms with E-state index in [-0.39, 0.29) is 35.6 Å². The number of phenols is 1. The Hall–Kier alpha value is -1.16. The number of aromatic hydroxyl groups is 1. The number of nitrogens with zero attached hydrogens (tertiary/aromatic N) is 2. The van der Waals surface area contributed by atoms with Crippen molar-refractivity contribution in [2.45, 2.75) is 0 Å². The lowest BCUT2D eigenvalue weighted by molar-refractivity contribution is 0.0955. The minimum atomic E-state index is -0.182. The number of benzene rings is 1. The molecule has 0 unspecified atom stereocenters. The van der Waals surface area contributed by atoms with Crippen molar-refractivity contribution in [2.75, 3.05) is 37.7 Å². The lowest BCUT2D eigenvalue weighted by atomic mass is 10.2. The average molecular weight is 436 g/mol. The highest BCUT2D eigenvalue weighted by Gasteiger charge is 2.11. The van der Waals surface area contributed by atoms with E-state index in [0.717, 1.165) is 24.6 Å². The third-order valence-electron chi connectivity index (χ3n) is 3.14. The van der Waals surface area contributed by atoms with Gasteiger partial charge in [-0.25, -0.2) is 0 Å². The van der Waals surface area contributed by atoms with Gasteiger partial charge in [-0.05, 0) is 24.3 Å². The highest BCUT2D eigenvalue weighted by Crippen LogP contribution is 2.09. The van der Waals surface area contributed by atoms with E-state index in [1.54, 1.807) is 12.1 Å². The Labute approximate surface area is 151 Å². The SMILES string of the molecule is I.NC(=NCCNC(=O)c1ccc(O)cc1)N1CCSCC1. The Morgan fingerprint density at radius 2 is 1.95 bits per heavy atom. The Morgan fingerprint density at radius 3 is 2.59 bits per heavy atom. The molecule has 8 heteroatoms. The number of carbonyl (C=O) groups excluding carboxylic acids is 1. The molecule has 122 valence electrons. The van der Waals surface area contributed by atoms with Crippen molar-refractivity contribution in [2.24, 2.45) is 10.7 Å². The molecule has 1 aliphatic heterocycles. The van der Waals surface area contributed by atoms with Crippen molar-refractivity contribution < 1.29 is 9.90 Å². The molecule has 0 aromatic heterocycles. The molecule has 1 heterocycles. The molecule has 22 heavy (non-hydrogen) atoms. The van der Waals surface area contributed by atoms with Gasteiger partial charge in [0.15, 0.2) is 5.96 Å². The first kappa shape index (κ1) is 18.9. The average Bonchev–Trinajstić information content (AvgIpc) is 2.52. The molecule has 1 fully saturated rings. The predicted octanol–water partition coefficient (Wildman–Crippen LogP) is 1.10. The van der Waals surface area contributed by atoms with E-state index in [9.17, 15) is 4.79 Å². The zero-order valence-corrected chi connectivity index (χ0v) is 15.3. The van der Waals surface area contributed by atoms with Crippen LogP contribution >= 0.6 is 35.7 Å². The van der Waals surface area contributed by atoms with Gasteiger partial charge in [-0.3, -0.25) is 9.79 Å². The summed E-state index contributed by atoms with van der Waals surface area (Å²) in [5.74, 6) is 2.66. The molecule has 0 radical (unpaired) electrons. The minimum Gasteiger partial charge on any atom is -0.508 e. The van der Waals surface area contributed by atoms with Crippen molar-refractivity contribution >= 4 is 47.6 Å². The lowest BCUT2D eigenvalue weighted by Gasteiger charge is -2.27. The van der Waals surface area contributed by atoms with Crippen LogP contribution in [0, 0.1) is 0 Å². The van der Waals surface area contributed by atoms with Gasteiger partial charge in [0.05, 0.1) is 6.54 Å². The first-order valence-electron chi connectivity index (χ1n) is 6.86. The molecule has 6 nitrogen and oxygen atoms in total. The number of hydrogen-bond donors (Lipinski definition) is 3. The summed E-state index contributed by atoms with van der Waals surface area (Å²) in [5, 5.41) is 11.9. The standard InChI is InChI=1S/C14H20N4O2S.HI/c15-14(18-7-9-21-10-8-18)17-6-5-16-13(20)11-1-3-12(19)4-2-11;/h1-4,19H,5-10H2,(H2,15,17)(H,16,20);1H. The third-order valence-corrected chi connectivity index (χ3v) is 4.08. The number of amides is 1. The third kappa shape index (κ3) is 5.91. The molecule has 0 aliphatic carbocycles. The van der Waals surface area contributed by atoms with Crippen LogP contribution in [-0.4, -0.2) is 59.6 Å². The van der Waals surface area contributed by atoms with Gasteiger partial charge in [0.2, 0.25) is 0 Å². The number of nitrogens with one attached hydrogen (secondary N) is 1. The fourth-order valence-corrected chi connectivity index (χ4v) is 2.85. The van der Waals surface area contributed by atoms with Crippen LogP contribution < -0.4 is 11.1 Å². The summed E-state index contributed by atoms with van der Waals surface area (Å²) >= 11 is 1.92. The molecule has 0 bridgehead atoms. The maximum Gasteiger partial charge on any atom is 0.251 e. The van der Waals surface area contributed by atoms with Crippen LogP contribution in [0.5, 0.6) is 5.75 Å². The van der Waals surface area contributed by atoms with Crippen LogP contribution in [0.25, 0.3) is 0 Å². The second-order valence-corrected chi connectivity index (χ2v) is 5.87. The van der Waals surface area contributed by atoms with E-state index >= 15 is 0 Å². The molecule has 1 aromatic carbocycles. The fourth-order valence-electron chi connectivity index (χ4n) is 1.95. The van der Waals surface area contributed by atoms with Gasteiger partial charge in [-0.1, -0.05) is 0 Å². The highest BCUT2D eigenvalue weighted by atomic mass is 127. The molecule has 1 aromatic rings. The summed E-state index contributed by atoms with van der Waals surface area (Å²) in [4.78, 5) is 18.2. The fraction of sp³-hybridized carbons (Fsp3) is 0.429. The number of hydrogen-bond acceptors (Lipinski definition) is 4. The van der Waals surface area contributed by atoms with Gasteiger partial charge < -0.3 is 21.1 Å². The van der Waals surface area contributed by atoms with Gasteiger partial charge in [-0.15, -0.1) is 24.0 Å². The molecule has 1 aliphatic rings. The summed E-state index contributed by atoms with van der Waals surface area (Å²) in [6.45, 7) is 2.75. The van der Waals surface area contributed by atoms with E-state index in [4.69, 9.17) is 10.8 Å². The van der Waals surface area contributed by atoms with E-state index in [1.807, 2.05) is 11.8 Å². The second kappa shape index (κ2) is 9.78. The Balaban J connectivity index is 0.00000242. The molecule has 1 saturated heterocycles. The molecule has 0 spiro atoms. The predicted molar refractivity (Wildman–Crippen MR) is 101 cm³/mol. The van der Waals surface area contributed by atoms with Crippen molar-refractivity contribution in [1.82, 2.24) is 10.2 Å². The van der Waals surface area contributed by atoms with Gasteiger partial charge in [0.25, 0.3) is 5.91 Å². The molecule has 2 rings (SSSR count). The Kier molecular flexibility index (Phi) is 8.39. The number of phenolic OH excluding ortho intramolecular Hbond substituents is 1. The van der Waals surface area contributed by atoms with Crippen LogP contribution in [0.4, 0.5) is 0 Å². The summed E-state index contributed by atoms with van der Waals surface area (Å²) in [6.07, 6.45) is 0. The van der Waals surface area contributed by atoms with E-state index in [2.05, 4.69) is 15.2 Å². The van der Waals surface area contributed by atoms with E-state index in [1.165, 1.54) is 12.1 Å². The van der Waals surface area contributed by atoms with Crippen molar-refractivity contribution in [3.8, 4) is 5.75 Å². The number of rotatable bonds is 4. The van der Waals surface area contributed by atoms with E-state index in [0.29, 0.717) is 24.6 Å². The monoisotopic (exact) mass is 436 g/mol. The van der Waals surface area contributed by atoms with Crippen LogP contribution in [0.2, 0.25) is 0 Å². The molecular formula is C14H21IN4O2S. The summed E-state index contributed by atoms with van der Waals surface area (Å²) in [5.41, 5.74) is 6.43. The summed E-state index contributed by atoms with van der Waals surface area (Å²) in [6, 6.07) is 6.13. The number of aliphatic imine (C=N–C) groups is 1. The lowest BCUT2D eigenvalue weighted by Crippen LogP contribution is -2.43. The van der Waals surface area contributed by atoms with Crippen LogP contribution in [0.1, 0.15) is 10.4 Å². The minimum absolute atomic E-state index is 0. The number of halogens is 1. The van der Waals surface area contributed by atoms with Crippen molar-refractivity contribution in [1.29, 1.82) is 0 Å². The zero-order chi connectivity index (χ0) is 15.1. The van der Waals surface area contributed by atoms with Crippen LogP contribution in [0.15, 0.2) is 29.3 Å². The number of thioether (sulfide) groups is 1. The molecular weight excluding hydrogens is 415 g/mol. The summed E-state index contributed by atoms with van der Waals surface area (Å²) in [7, 11) is 0. The highest BCUT2D eigenvalue weighted by molar-refractivity contribution is 14.0. The Bertz CT molecular complexity index is 504. The van der Waals surface area contributed by atoms with Crippen LogP contribution in [-0.2, 0) is 0 Å². The number of nitrogens with two attached hydrogens (primary N) is 1. The van der Waals surface area contributed by atoms with Crippen molar-refractivity contribution in [3.05, 3.63) is 29.8 Å². The van der Waals surface area contributed by atoms with Gasteiger partial charge in [0.1, 0.15) is 5.75 Å². The van der Waals surface area contributed by atoms with E-state index < -0.39 is 0 Å². The number of carbonyl (C=O) groups is 1. The quantitative estimate of drug-likeness (QED) is 0.285. The zero-order valence-electron chi connectivity index (χ0n) is 12.2.